The van der Waals surface area contributed by atoms with Gasteiger partial charge in [-0.1, -0.05) is 12.1 Å². The highest BCUT2D eigenvalue weighted by molar-refractivity contribution is 6.23. The van der Waals surface area contributed by atoms with Crippen LogP contribution in [0.1, 0.15) is 25.7 Å². The molecule has 0 aliphatic carbocycles. The van der Waals surface area contributed by atoms with E-state index in [1.165, 1.54) is 43.1 Å². The van der Waals surface area contributed by atoms with Crippen LogP contribution in [0.15, 0.2) is 48.5 Å². The first-order valence-corrected chi connectivity index (χ1v) is 9.36. The highest BCUT2D eigenvalue weighted by Gasteiger charge is 2.40. The second-order valence-corrected chi connectivity index (χ2v) is 7.01. The third kappa shape index (κ3) is 3.52. The third-order valence-corrected chi connectivity index (χ3v) is 5.17. The molecular weight excluding hydrogens is 345 g/mol. The summed E-state index contributed by atoms with van der Waals surface area (Å²) in [6.07, 6.45) is 3.72. The highest BCUT2D eigenvalue weighted by Crippen LogP contribution is 2.28. The lowest BCUT2D eigenvalue weighted by Crippen LogP contribution is -2.35. The molecule has 1 unspecified atom stereocenters. The molecule has 2 saturated heterocycles. The maximum Gasteiger partial charge on any atom is 0.256 e. The number of amides is 2. The summed E-state index contributed by atoms with van der Waals surface area (Å²) in [7, 11) is 0. The van der Waals surface area contributed by atoms with Crippen LogP contribution in [0.4, 0.5) is 21.5 Å². The fourth-order valence-electron chi connectivity index (χ4n) is 3.75. The molecule has 5 nitrogen and oxygen atoms in total. The van der Waals surface area contributed by atoms with Gasteiger partial charge >= 0.3 is 0 Å². The summed E-state index contributed by atoms with van der Waals surface area (Å²) in [6, 6.07) is 13.1. The molecule has 140 valence electrons. The fourth-order valence-corrected chi connectivity index (χ4v) is 3.75. The quantitative estimate of drug-likeness (QED) is 0.840. The van der Waals surface area contributed by atoms with Crippen LogP contribution in [0.2, 0.25) is 0 Å². The largest absolute Gasteiger partial charge is 0.373 e. The summed E-state index contributed by atoms with van der Waals surface area (Å²) >= 11 is 0. The SMILES string of the molecule is O=C1CC(Nc2ccc(N3CCCCC3)cc2)C(=O)N1c1ccccc1F. The van der Waals surface area contributed by atoms with E-state index in [4.69, 9.17) is 0 Å². The van der Waals surface area contributed by atoms with Gasteiger partial charge in [-0.25, -0.2) is 9.29 Å². The molecule has 2 amide bonds. The van der Waals surface area contributed by atoms with Gasteiger partial charge in [-0.3, -0.25) is 9.59 Å². The van der Waals surface area contributed by atoms with Crippen molar-refractivity contribution in [3.63, 3.8) is 0 Å². The van der Waals surface area contributed by atoms with E-state index < -0.39 is 23.7 Å². The molecule has 2 aromatic carbocycles. The lowest BCUT2D eigenvalue weighted by atomic mass is 10.1. The Labute approximate surface area is 157 Å². The van der Waals surface area contributed by atoms with Gasteiger partial charge < -0.3 is 10.2 Å². The van der Waals surface area contributed by atoms with Gasteiger partial charge in [0.15, 0.2) is 0 Å². The maximum atomic E-state index is 14.0. The first kappa shape index (κ1) is 17.5. The lowest BCUT2D eigenvalue weighted by Gasteiger charge is -2.29. The van der Waals surface area contributed by atoms with E-state index in [0.717, 1.165) is 23.7 Å². The van der Waals surface area contributed by atoms with Crippen LogP contribution < -0.4 is 15.1 Å². The molecule has 2 aliphatic rings. The monoisotopic (exact) mass is 367 g/mol. The summed E-state index contributed by atoms with van der Waals surface area (Å²) in [6.45, 7) is 2.14. The summed E-state index contributed by atoms with van der Waals surface area (Å²) < 4.78 is 14.0. The number of piperidine rings is 1. The minimum Gasteiger partial charge on any atom is -0.373 e. The Morgan fingerprint density at radius 1 is 0.926 bits per heavy atom. The van der Waals surface area contributed by atoms with E-state index in [9.17, 15) is 14.0 Å². The summed E-state index contributed by atoms with van der Waals surface area (Å²) in [5.41, 5.74) is 1.96. The Morgan fingerprint density at radius 3 is 2.33 bits per heavy atom. The van der Waals surface area contributed by atoms with E-state index >= 15 is 0 Å². The predicted molar refractivity (Wildman–Crippen MR) is 103 cm³/mol. The first-order chi connectivity index (χ1) is 13.1. The number of carbonyl (C=O) groups excluding carboxylic acids is 2. The van der Waals surface area contributed by atoms with Crippen molar-refractivity contribution >= 4 is 28.9 Å². The Kier molecular flexibility index (Phi) is 4.79. The van der Waals surface area contributed by atoms with E-state index in [0.29, 0.717) is 0 Å². The van der Waals surface area contributed by atoms with Crippen LogP contribution in [0.25, 0.3) is 0 Å². The van der Waals surface area contributed by atoms with E-state index in [2.05, 4.69) is 10.2 Å². The van der Waals surface area contributed by atoms with Crippen LogP contribution in [0.3, 0.4) is 0 Å². The molecule has 0 radical (unpaired) electrons. The number of halogens is 1. The van der Waals surface area contributed by atoms with Crippen molar-refractivity contribution in [2.75, 3.05) is 28.2 Å². The normalized spacial score (nSPS) is 20.3. The summed E-state index contributed by atoms with van der Waals surface area (Å²) in [4.78, 5) is 28.2. The highest BCUT2D eigenvalue weighted by atomic mass is 19.1. The van der Waals surface area contributed by atoms with Gasteiger partial charge in [0.25, 0.3) is 5.91 Å². The van der Waals surface area contributed by atoms with Gasteiger partial charge in [-0.05, 0) is 55.7 Å². The van der Waals surface area contributed by atoms with Gasteiger partial charge in [0.2, 0.25) is 5.91 Å². The van der Waals surface area contributed by atoms with E-state index in [1.54, 1.807) is 6.07 Å². The second kappa shape index (κ2) is 7.39. The average Bonchev–Trinajstić information content (AvgIpc) is 2.97. The van der Waals surface area contributed by atoms with Crippen molar-refractivity contribution in [1.82, 2.24) is 0 Å². The van der Waals surface area contributed by atoms with Crippen molar-refractivity contribution in [3.8, 4) is 0 Å². The minimum absolute atomic E-state index is 0.0113. The van der Waals surface area contributed by atoms with Crippen molar-refractivity contribution in [1.29, 1.82) is 0 Å². The summed E-state index contributed by atoms with van der Waals surface area (Å²) in [5, 5.41) is 3.12. The molecule has 0 spiro atoms. The number of para-hydroxylation sites is 1. The Bertz CT molecular complexity index is 847. The number of carbonyl (C=O) groups is 2. The zero-order chi connectivity index (χ0) is 18.8. The van der Waals surface area contributed by atoms with E-state index in [-0.39, 0.29) is 12.1 Å². The average molecular weight is 367 g/mol. The number of imide groups is 1. The standard InChI is InChI=1S/C21H22FN3O2/c22-17-6-2-3-7-19(17)25-20(26)14-18(21(25)27)23-15-8-10-16(11-9-15)24-12-4-1-5-13-24/h2-3,6-11,18,23H,1,4-5,12-14H2. The van der Waals surface area contributed by atoms with Crippen LogP contribution in [-0.4, -0.2) is 30.9 Å². The number of nitrogens with zero attached hydrogens (tertiary/aromatic N) is 2. The third-order valence-electron chi connectivity index (χ3n) is 5.17. The smallest absolute Gasteiger partial charge is 0.256 e. The van der Waals surface area contributed by atoms with Crippen LogP contribution in [-0.2, 0) is 9.59 Å². The molecule has 0 bridgehead atoms. The minimum atomic E-state index is -0.682. The number of hydrogen-bond acceptors (Lipinski definition) is 4. The Morgan fingerprint density at radius 2 is 1.63 bits per heavy atom. The molecule has 2 aromatic rings. The summed E-state index contributed by atoms with van der Waals surface area (Å²) in [5.74, 6) is -1.40. The molecule has 2 aliphatic heterocycles. The molecule has 2 heterocycles. The number of rotatable bonds is 4. The maximum absolute atomic E-state index is 14.0. The first-order valence-electron chi connectivity index (χ1n) is 9.36. The number of nitrogens with one attached hydrogen (secondary N) is 1. The molecule has 27 heavy (non-hydrogen) atoms. The number of hydrogen-bond donors (Lipinski definition) is 1. The van der Waals surface area contributed by atoms with Crippen molar-refractivity contribution in [2.24, 2.45) is 0 Å². The topological polar surface area (TPSA) is 52.7 Å². The van der Waals surface area contributed by atoms with Crippen LogP contribution >= 0.6 is 0 Å². The van der Waals surface area contributed by atoms with Crippen molar-refractivity contribution in [3.05, 3.63) is 54.3 Å². The van der Waals surface area contributed by atoms with Crippen LogP contribution in [0, 0.1) is 5.82 Å². The predicted octanol–water partition coefficient (Wildman–Crippen LogP) is 3.56. The molecular formula is C21H22FN3O2. The molecule has 2 fully saturated rings. The number of benzene rings is 2. The number of anilines is 3. The zero-order valence-corrected chi connectivity index (χ0v) is 15.0. The molecule has 1 N–H and O–H groups in total. The van der Waals surface area contributed by atoms with Crippen molar-refractivity contribution in [2.45, 2.75) is 31.7 Å². The van der Waals surface area contributed by atoms with Gasteiger partial charge in [-0.15, -0.1) is 0 Å². The lowest BCUT2D eigenvalue weighted by molar-refractivity contribution is -0.121. The molecule has 4 rings (SSSR count). The molecule has 0 saturated carbocycles. The van der Waals surface area contributed by atoms with Gasteiger partial charge in [-0.2, -0.15) is 0 Å². The molecule has 0 aromatic heterocycles. The van der Waals surface area contributed by atoms with Gasteiger partial charge in [0.05, 0.1) is 12.1 Å². The zero-order valence-electron chi connectivity index (χ0n) is 15.0. The van der Waals surface area contributed by atoms with Gasteiger partial charge in [0, 0.05) is 24.5 Å². The van der Waals surface area contributed by atoms with Crippen LogP contribution in [0.5, 0.6) is 0 Å². The molecule has 6 heteroatoms. The Balaban J connectivity index is 1.46. The fraction of sp³-hybridized carbons (Fsp3) is 0.333. The van der Waals surface area contributed by atoms with Crippen molar-refractivity contribution < 1.29 is 14.0 Å². The Hall–Kier alpha value is -2.89. The molecule has 1 atom stereocenters. The van der Waals surface area contributed by atoms with Gasteiger partial charge in [0.1, 0.15) is 11.9 Å². The van der Waals surface area contributed by atoms with E-state index in [1.807, 2.05) is 24.3 Å². The second-order valence-electron chi connectivity index (χ2n) is 7.01.